The van der Waals surface area contributed by atoms with Crippen LogP contribution in [0.1, 0.15) is 51.3 Å². The number of fused-ring (bicyclic) bond motifs is 1. The Kier molecular flexibility index (Phi) is 8.03. The Balaban J connectivity index is 1.62. The molecule has 0 saturated heterocycles. The maximum absolute atomic E-state index is 13.1. The number of benzene rings is 2. The predicted molar refractivity (Wildman–Crippen MR) is 139 cm³/mol. The smallest absolute Gasteiger partial charge is 0.338 e. The van der Waals surface area contributed by atoms with Crippen LogP contribution in [0.4, 0.5) is 5.95 Å². The molecule has 0 spiro atoms. The maximum Gasteiger partial charge on any atom is 0.338 e. The van der Waals surface area contributed by atoms with E-state index in [4.69, 9.17) is 26.2 Å². The molecule has 0 bridgehead atoms. The number of allylic oxidation sites excluding steroid dienone is 1. The van der Waals surface area contributed by atoms with Gasteiger partial charge in [-0.05, 0) is 62.6 Å². The highest BCUT2D eigenvalue weighted by Gasteiger charge is 2.35. The summed E-state index contributed by atoms with van der Waals surface area (Å²) < 4.78 is 13.3. The molecular weight excluding hydrogens is 484 g/mol. The molecule has 2 heterocycles. The summed E-state index contributed by atoms with van der Waals surface area (Å²) in [6.07, 6.45) is 0.784. The van der Waals surface area contributed by atoms with E-state index in [-0.39, 0.29) is 12.1 Å². The van der Waals surface area contributed by atoms with Gasteiger partial charge in [-0.3, -0.25) is 0 Å². The minimum Gasteiger partial charge on any atom is -0.489 e. The second-order valence-corrected chi connectivity index (χ2v) is 10.0. The number of nitrogens with zero attached hydrogens (tertiary/aromatic N) is 3. The third-order valence-electron chi connectivity index (χ3n) is 5.35. The molecule has 0 aliphatic carbocycles. The lowest BCUT2D eigenvalue weighted by molar-refractivity contribution is -0.143. The first-order valence-electron chi connectivity index (χ1n) is 11.6. The number of hydrogen-bond acceptors (Lipinski definition) is 7. The van der Waals surface area contributed by atoms with Gasteiger partial charge in [0.15, 0.2) is 0 Å². The molecular formula is C26H29ClN4O3S. The van der Waals surface area contributed by atoms with Crippen LogP contribution in [-0.2, 0) is 16.1 Å². The first kappa shape index (κ1) is 25.1. The number of rotatable bonds is 9. The van der Waals surface area contributed by atoms with Gasteiger partial charge in [0.2, 0.25) is 11.1 Å². The van der Waals surface area contributed by atoms with Crippen LogP contribution in [0.2, 0.25) is 5.02 Å². The fraction of sp³-hybridized carbons (Fsp3) is 0.346. The minimum absolute atomic E-state index is 0.236. The topological polar surface area (TPSA) is 78.3 Å². The molecule has 4 rings (SSSR count). The summed E-state index contributed by atoms with van der Waals surface area (Å²) in [5, 5.41) is 9.32. The van der Waals surface area contributed by atoms with Gasteiger partial charge in [0, 0.05) is 16.5 Å². The second-order valence-electron chi connectivity index (χ2n) is 8.52. The monoisotopic (exact) mass is 512 g/mol. The fourth-order valence-electron chi connectivity index (χ4n) is 3.73. The van der Waals surface area contributed by atoms with Gasteiger partial charge in [-0.25, -0.2) is 9.48 Å². The van der Waals surface area contributed by atoms with Crippen molar-refractivity contribution in [2.45, 2.75) is 58.0 Å². The first-order valence-corrected chi connectivity index (χ1v) is 13.0. The number of hydrogen-bond donors (Lipinski definition) is 1. The molecule has 1 aromatic heterocycles. The molecule has 1 aliphatic rings. The van der Waals surface area contributed by atoms with E-state index < -0.39 is 6.04 Å². The summed E-state index contributed by atoms with van der Waals surface area (Å²) in [4.78, 5) is 17.8. The van der Waals surface area contributed by atoms with Crippen LogP contribution < -0.4 is 10.1 Å². The van der Waals surface area contributed by atoms with E-state index in [2.05, 4.69) is 17.2 Å². The van der Waals surface area contributed by atoms with Crippen molar-refractivity contribution in [3.05, 3.63) is 76.0 Å². The van der Waals surface area contributed by atoms with Crippen molar-refractivity contribution in [2.75, 3.05) is 11.1 Å². The quantitative estimate of drug-likeness (QED) is 0.268. The number of esters is 1. The first-order chi connectivity index (χ1) is 16.9. The fourth-order valence-corrected chi connectivity index (χ4v) is 4.54. The van der Waals surface area contributed by atoms with Crippen LogP contribution in [-0.4, -0.2) is 32.6 Å². The van der Waals surface area contributed by atoms with Crippen molar-refractivity contribution in [3.8, 4) is 5.75 Å². The lowest BCUT2D eigenvalue weighted by atomic mass is 9.95. The Bertz CT molecular complexity index is 1210. The Morgan fingerprint density at radius 1 is 1.17 bits per heavy atom. The third-order valence-corrected chi connectivity index (χ3v) is 6.64. The molecule has 35 heavy (non-hydrogen) atoms. The second kappa shape index (κ2) is 11.2. The Morgan fingerprint density at radius 2 is 1.89 bits per heavy atom. The third kappa shape index (κ3) is 6.00. The van der Waals surface area contributed by atoms with Gasteiger partial charge in [0.25, 0.3) is 0 Å². The number of carbonyl (C=O) groups is 1. The number of halogens is 1. The van der Waals surface area contributed by atoms with E-state index in [1.165, 1.54) is 0 Å². The van der Waals surface area contributed by atoms with Crippen molar-refractivity contribution < 1.29 is 14.3 Å². The summed E-state index contributed by atoms with van der Waals surface area (Å²) in [7, 11) is 0. The summed E-state index contributed by atoms with van der Waals surface area (Å²) >= 11 is 7.55. The lowest BCUT2D eigenvalue weighted by Gasteiger charge is -2.28. The number of carbonyl (C=O) groups excluding carboxylic acids is 1. The molecule has 7 nitrogen and oxygen atoms in total. The highest BCUT2D eigenvalue weighted by Crippen LogP contribution is 2.37. The zero-order valence-electron chi connectivity index (χ0n) is 20.2. The van der Waals surface area contributed by atoms with Gasteiger partial charge in [-0.1, -0.05) is 54.6 Å². The average molecular weight is 513 g/mol. The van der Waals surface area contributed by atoms with E-state index in [0.717, 1.165) is 29.1 Å². The molecule has 2 aromatic carbocycles. The molecule has 1 aliphatic heterocycles. The van der Waals surface area contributed by atoms with Crippen LogP contribution >= 0.6 is 23.4 Å². The Labute approximate surface area is 214 Å². The average Bonchev–Trinajstić information content (AvgIpc) is 3.23. The van der Waals surface area contributed by atoms with Gasteiger partial charge in [0.05, 0.1) is 11.7 Å². The van der Waals surface area contributed by atoms with E-state index in [0.29, 0.717) is 34.0 Å². The van der Waals surface area contributed by atoms with Gasteiger partial charge in [-0.15, -0.1) is 5.10 Å². The lowest BCUT2D eigenvalue weighted by Crippen LogP contribution is -2.30. The normalized spacial score (nSPS) is 15.1. The molecule has 0 saturated carbocycles. The Morgan fingerprint density at radius 3 is 2.54 bits per heavy atom. The van der Waals surface area contributed by atoms with Crippen LogP contribution in [0.5, 0.6) is 5.75 Å². The summed E-state index contributed by atoms with van der Waals surface area (Å²) in [5.74, 6) is 1.88. The highest BCUT2D eigenvalue weighted by atomic mass is 35.5. The van der Waals surface area contributed by atoms with Crippen molar-refractivity contribution >= 4 is 35.3 Å². The van der Waals surface area contributed by atoms with E-state index in [1.54, 1.807) is 16.4 Å². The van der Waals surface area contributed by atoms with Gasteiger partial charge in [0.1, 0.15) is 18.4 Å². The molecule has 1 unspecified atom stereocenters. The molecule has 0 amide bonds. The number of aromatic nitrogens is 3. The Hall–Kier alpha value is -2.97. The SMILES string of the molecule is CCCSc1nc2n(n1)C(c1ccc(OCc3ccc(Cl)cc3)cc1)C(C(=O)OC(C)C)=C(C)N2. The van der Waals surface area contributed by atoms with Crippen molar-refractivity contribution in [3.63, 3.8) is 0 Å². The zero-order chi connectivity index (χ0) is 24.9. The summed E-state index contributed by atoms with van der Waals surface area (Å²) in [6.45, 7) is 8.09. The molecule has 3 aromatic rings. The number of thioether (sulfide) groups is 1. The number of nitrogens with one attached hydrogen (secondary N) is 1. The van der Waals surface area contributed by atoms with Crippen LogP contribution in [0.25, 0.3) is 0 Å². The molecule has 0 fully saturated rings. The molecule has 0 radical (unpaired) electrons. The molecule has 184 valence electrons. The summed E-state index contributed by atoms with van der Waals surface area (Å²) in [6, 6.07) is 14.8. The van der Waals surface area contributed by atoms with E-state index in [1.807, 2.05) is 69.3 Å². The van der Waals surface area contributed by atoms with Crippen LogP contribution in [0.15, 0.2) is 65.0 Å². The number of anilines is 1. The maximum atomic E-state index is 13.1. The minimum atomic E-state index is -0.466. The zero-order valence-corrected chi connectivity index (χ0v) is 21.8. The largest absolute Gasteiger partial charge is 0.489 e. The van der Waals surface area contributed by atoms with Gasteiger partial charge in [-0.2, -0.15) is 4.98 Å². The van der Waals surface area contributed by atoms with Crippen molar-refractivity contribution in [1.82, 2.24) is 14.8 Å². The van der Waals surface area contributed by atoms with E-state index >= 15 is 0 Å². The van der Waals surface area contributed by atoms with Crippen LogP contribution in [0.3, 0.4) is 0 Å². The standard InChI is InChI=1S/C26H29ClN4O3S/c1-5-14-35-26-29-25-28-17(4)22(24(32)34-16(2)3)23(31(25)30-26)19-8-12-21(13-9-19)33-15-18-6-10-20(27)11-7-18/h6-13,16,23H,5,14-15H2,1-4H3,(H,28,29,30). The summed E-state index contributed by atoms with van der Waals surface area (Å²) in [5.41, 5.74) is 3.13. The van der Waals surface area contributed by atoms with Crippen molar-refractivity contribution in [2.24, 2.45) is 0 Å². The molecule has 1 N–H and O–H groups in total. The number of ether oxygens (including phenoxy) is 2. The highest BCUT2D eigenvalue weighted by molar-refractivity contribution is 7.99. The predicted octanol–water partition coefficient (Wildman–Crippen LogP) is 6.25. The van der Waals surface area contributed by atoms with Crippen LogP contribution in [0, 0.1) is 0 Å². The van der Waals surface area contributed by atoms with Gasteiger partial charge < -0.3 is 14.8 Å². The molecule has 1 atom stereocenters. The van der Waals surface area contributed by atoms with Gasteiger partial charge >= 0.3 is 5.97 Å². The van der Waals surface area contributed by atoms with E-state index in [9.17, 15) is 4.79 Å². The van der Waals surface area contributed by atoms with Crippen molar-refractivity contribution in [1.29, 1.82) is 0 Å². The molecule has 9 heteroatoms.